The molecule has 0 spiro atoms. The second kappa shape index (κ2) is 5.45. The van der Waals surface area contributed by atoms with Gasteiger partial charge in [0.25, 0.3) is 0 Å². The lowest BCUT2D eigenvalue weighted by molar-refractivity contribution is 0.112. The van der Waals surface area contributed by atoms with Crippen molar-refractivity contribution in [2.75, 3.05) is 0 Å². The molecule has 0 saturated heterocycles. The molecule has 0 unspecified atom stereocenters. The molecule has 1 aromatic carbocycles. The van der Waals surface area contributed by atoms with E-state index < -0.39 is 0 Å². The summed E-state index contributed by atoms with van der Waals surface area (Å²) in [6.45, 7) is 0. The van der Waals surface area contributed by atoms with Crippen LogP contribution in [0.25, 0.3) is 11.3 Å². The highest BCUT2D eigenvalue weighted by Gasteiger charge is 2.16. The average Bonchev–Trinajstić information content (AvgIpc) is 2.36. The minimum atomic E-state index is 0.275. The molecule has 2 aromatic rings. The third-order valence-electron chi connectivity index (χ3n) is 2.28. The number of hydrogen-bond donors (Lipinski definition) is 0. The molecule has 0 saturated carbocycles. The molecule has 0 amide bonds. The Morgan fingerprint density at radius 2 is 1.67 bits per heavy atom. The summed E-state index contributed by atoms with van der Waals surface area (Å²) in [6, 6.07) is 4.69. The van der Waals surface area contributed by atoms with Crippen LogP contribution in [0, 0.1) is 0 Å². The molecule has 0 radical (unpaired) electrons. The average molecular weight is 321 g/mol. The van der Waals surface area contributed by atoms with Crippen LogP contribution in [0.4, 0.5) is 0 Å². The SMILES string of the molecule is O=Cc1cnc(-c2c(Cl)ccc(Cl)c2Cl)c(Cl)c1. The van der Waals surface area contributed by atoms with Crippen LogP contribution in [0.15, 0.2) is 24.4 Å². The Morgan fingerprint density at radius 1 is 1.00 bits per heavy atom. The van der Waals surface area contributed by atoms with E-state index in [9.17, 15) is 4.79 Å². The van der Waals surface area contributed by atoms with E-state index >= 15 is 0 Å². The van der Waals surface area contributed by atoms with Gasteiger partial charge in [-0.05, 0) is 18.2 Å². The molecule has 6 heteroatoms. The molecular weight excluding hydrogens is 316 g/mol. The Morgan fingerprint density at radius 3 is 2.28 bits per heavy atom. The number of benzene rings is 1. The van der Waals surface area contributed by atoms with Crippen LogP contribution in [-0.4, -0.2) is 11.3 Å². The lowest BCUT2D eigenvalue weighted by atomic mass is 10.1. The van der Waals surface area contributed by atoms with Gasteiger partial charge in [-0.3, -0.25) is 9.78 Å². The van der Waals surface area contributed by atoms with E-state index in [2.05, 4.69) is 4.98 Å². The number of pyridine rings is 1. The summed E-state index contributed by atoms with van der Waals surface area (Å²) in [5.41, 5.74) is 1.21. The van der Waals surface area contributed by atoms with Crippen LogP contribution in [0.5, 0.6) is 0 Å². The first-order valence-electron chi connectivity index (χ1n) is 4.79. The van der Waals surface area contributed by atoms with E-state index in [1.165, 1.54) is 12.3 Å². The lowest BCUT2D eigenvalue weighted by Gasteiger charge is -2.09. The van der Waals surface area contributed by atoms with E-state index in [1.807, 2.05) is 0 Å². The summed E-state index contributed by atoms with van der Waals surface area (Å²) in [4.78, 5) is 14.7. The van der Waals surface area contributed by atoms with Gasteiger partial charge >= 0.3 is 0 Å². The molecular formula is C12H5Cl4NO. The maximum atomic E-state index is 10.6. The Labute approximate surface area is 123 Å². The third kappa shape index (κ3) is 2.47. The zero-order valence-corrected chi connectivity index (χ0v) is 11.8. The van der Waals surface area contributed by atoms with E-state index in [-0.39, 0.29) is 10.0 Å². The van der Waals surface area contributed by atoms with Gasteiger partial charge in [-0.2, -0.15) is 0 Å². The highest BCUT2D eigenvalue weighted by atomic mass is 35.5. The number of hydrogen-bond acceptors (Lipinski definition) is 2. The number of nitrogens with zero attached hydrogens (tertiary/aromatic N) is 1. The number of halogens is 4. The molecule has 0 N–H and O–H groups in total. The van der Waals surface area contributed by atoms with Crippen LogP contribution in [0.1, 0.15) is 10.4 Å². The molecule has 2 rings (SSSR count). The maximum absolute atomic E-state index is 10.6. The van der Waals surface area contributed by atoms with Gasteiger partial charge < -0.3 is 0 Å². The Balaban J connectivity index is 2.69. The number of aromatic nitrogens is 1. The number of rotatable bonds is 2. The standard InChI is InChI=1S/C12H5Cl4NO/c13-7-1-2-8(14)11(16)10(7)12-9(15)3-6(5-18)4-17-12/h1-5H. The molecule has 0 aliphatic rings. The van der Waals surface area contributed by atoms with Crippen molar-refractivity contribution in [1.82, 2.24) is 4.98 Å². The van der Waals surface area contributed by atoms with Gasteiger partial charge in [-0.25, -0.2) is 0 Å². The predicted molar refractivity (Wildman–Crippen MR) is 75.1 cm³/mol. The second-order valence-electron chi connectivity index (χ2n) is 3.44. The number of carbonyl (C=O) groups is 1. The molecule has 1 aromatic heterocycles. The van der Waals surface area contributed by atoms with Crippen molar-refractivity contribution in [2.24, 2.45) is 0 Å². The molecule has 92 valence electrons. The lowest BCUT2D eigenvalue weighted by Crippen LogP contribution is -1.91. The van der Waals surface area contributed by atoms with Crippen LogP contribution in [0.3, 0.4) is 0 Å². The zero-order chi connectivity index (χ0) is 13.3. The predicted octanol–water partition coefficient (Wildman–Crippen LogP) is 5.17. The van der Waals surface area contributed by atoms with Gasteiger partial charge in [-0.1, -0.05) is 46.4 Å². The smallest absolute Gasteiger partial charge is 0.151 e. The maximum Gasteiger partial charge on any atom is 0.151 e. The van der Waals surface area contributed by atoms with Crippen molar-refractivity contribution in [3.05, 3.63) is 50.0 Å². The fourth-order valence-electron chi connectivity index (χ4n) is 1.45. The monoisotopic (exact) mass is 319 g/mol. The third-order valence-corrected chi connectivity index (χ3v) is 3.69. The van der Waals surface area contributed by atoms with Gasteiger partial charge in [-0.15, -0.1) is 0 Å². The van der Waals surface area contributed by atoms with Crippen LogP contribution in [-0.2, 0) is 0 Å². The fraction of sp³-hybridized carbons (Fsp3) is 0. The van der Waals surface area contributed by atoms with Gasteiger partial charge in [0.2, 0.25) is 0 Å². The van der Waals surface area contributed by atoms with Crippen molar-refractivity contribution >= 4 is 52.7 Å². The minimum absolute atomic E-state index is 0.275. The van der Waals surface area contributed by atoms with E-state index in [4.69, 9.17) is 46.4 Å². The number of carbonyl (C=O) groups excluding carboxylic acids is 1. The first kappa shape index (κ1) is 13.6. The Hall–Kier alpha value is -0.800. The molecule has 2 nitrogen and oxygen atoms in total. The van der Waals surface area contributed by atoms with Crippen molar-refractivity contribution in [3.8, 4) is 11.3 Å². The summed E-state index contributed by atoms with van der Waals surface area (Å²) in [5, 5.41) is 1.30. The molecule has 0 bridgehead atoms. The van der Waals surface area contributed by atoms with E-state index in [0.717, 1.165) is 0 Å². The van der Waals surface area contributed by atoms with Crippen molar-refractivity contribution in [1.29, 1.82) is 0 Å². The molecule has 0 fully saturated rings. The highest BCUT2D eigenvalue weighted by Crippen LogP contribution is 2.40. The molecule has 0 aliphatic carbocycles. The van der Waals surface area contributed by atoms with Crippen LogP contribution in [0.2, 0.25) is 20.1 Å². The zero-order valence-electron chi connectivity index (χ0n) is 8.75. The van der Waals surface area contributed by atoms with E-state index in [0.29, 0.717) is 33.2 Å². The van der Waals surface area contributed by atoms with E-state index in [1.54, 1.807) is 12.1 Å². The Kier molecular flexibility index (Phi) is 4.13. The summed E-state index contributed by atoms with van der Waals surface area (Å²) in [7, 11) is 0. The molecule has 0 aliphatic heterocycles. The van der Waals surface area contributed by atoms with Gasteiger partial charge in [0.15, 0.2) is 6.29 Å². The van der Waals surface area contributed by atoms with Gasteiger partial charge in [0.05, 0.1) is 25.8 Å². The topological polar surface area (TPSA) is 30.0 Å². The number of aldehydes is 1. The summed E-state index contributed by atoms with van der Waals surface area (Å²) < 4.78 is 0. The largest absolute Gasteiger partial charge is 0.298 e. The molecule has 0 atom stereocenters. The first-order chi connectivity index (χ1) is 8.54. The summed E-state index contributed by atoms with van der Waals surface area (Å²) in [5.74, 6) is 0. The van der Waals surface area contributed by atoms with Crippen LogP contribution < -0.4 is 0 Å². The second-order valence-corrected chi connectivity index (χ2v) is 5.03. The molecule has 1 heterocycles. The normalized spacial score (nSPS) is 10.4. The van der Waals surface area contributed by atoms with Crippen molar-refractivity contribution < 1.29 is 4.79 Å². The first-order valence-corrected chi connectivity index (χ1v) is 6.30. The van der Waals surface area contributed by atoms with Gasteiger partial charge in [0, 0.05) is 17.3 Å². The molecule has 18 heavy (non-hydrogen) atoms. The van der Waals surface area contributed by atoms with Gasteiger partial charge in [0.1, 0.15) is 0 Å². The summed E-state index contributed by atoms with van der Waals surface area (Å²) >= 11 is 24.2. The van der Waals surface area contributed by atoms with Crippen molar-refractivity contribution in [2.45, 2.75) is 0 Å². The minimum Gasteiger partial charge on any atom is -0.298 e. The highest BCUT2D eigenvalue weighted by molar-refractivity contribution is 6.46. The Bertz CT molecular complexity index is 628. The fourth-order valence-corrected chi connectivity index (χ4v) is 2.42. The van der Waals surface area contributed by atoms with Crippen LogP contribution >= 0.6 is 46.4 Å². The quantitative estimate of drug-likeness (QED) is 0.564. The summed E-state index contributed by atoms with van der Waals surface area (Å²) in [6.07, 6.45) is 2.05. The van der Waals surface area contributed by atoms with Crippen molar-refractivity contribution in [3.63, 3.8) is 0 Å².